The topological polar surface area (TPSA) is 74.6 Å². The Morgan fingerprint density at radius 1 is 1.40 bits per heavy atom. The Labute approximate surface area is 151 Å². The van der Waals surface area contributed by atoms with Crippen molar-refractivity contribution in [2.75, 3.05) is 0 Å². The molecule has 140 valence electrons. The summed E-state index contributed by atoms with van der Waals surface area (Å²) in [6.07, 6.45) is 11.2. The second kappa shape index (κ2) is 11.1. The monoisotopic (exact) mass is 348 g/mol. The summed E-state index contributed by atoms with van der Waals surface area (Å²) < 4.78 is 0. The number of hydrogen-bond donors (Lipinski definition) is 2. The van der Waals surface area contributed by atoms with Crippen molar-refractivity contribution in [1.82, 2.24) is 0 Å². The predicted molar refractivity (Wildman–Crippen MR) is 99.0 cm³/mol. The zero-order valence-corrected chi connectivity index (χ0v) is 15.6. The number of hydrogen-bond acceptors (Lipinski definition) is 3. The molecular weight excluding hydrogens is 316 g/mol. The van der Waals surface area contributed by atoms with Crippen LogP contribution in [0.15, 0.2) is 12.2 Å². The number of carboxylic acids is 1. The molecule has 4 heteroatoms. The molecular formula is C21H32O4. The zero-order valence-electron chi connectivity index (χ0n) is 15.6. The Balaban J connectivity index is 2.35. The second-order valence-electron chi connectivity index (χ2n) is 7.22. The average molecular weight is 348 g/mol. The number of Topliss-reactive ketones (excluding diaryl/α,β-unsaturated/α-hetero) is 1. The van der Waals surface area contributed by atoms with Gasteiger partial charge in [-0.15, -0.1) is 5.92 Å². The van der Waals surface area contributed by atoms with E-state index in [1.54, 1.807) is 6.08 Å². The molecule has 1 unspecified atom stereocenters. The Morgan fingerprint density at radius 2 is 2.16 bits per heavy atom. The van der Waals surface area contributed by atoms with Gasteiger partial charge in [0.15, 0.2) is 0 Å². The Hall–Kier alpha value is -1.60. The summed E-state index contributed by atoms with van der Waals surface area (Å²) in [6, 6.07) is 0. The summed E-state index contributed by atoms with van der Waals surface area (Å²) in [6.45, 7) is 3.94. The molecule has 0 aromatic heterocycles. The molecule has 0 radical (unpaired) electrons. The van der Waals surface area contributed by atoms with Crippen LogP contribution in [0.5, 0.6) is 0 Å². The molecule has 0 heterocycles. The zero-order chi connectivity index (χ0) is 18.7. The van der Waals surface area contributed by atoms with Crippen molar-refractivity contribution in [2.45, 2.75) is 83.7 Å². The molecule has 3 atom stereocenters. The van der Waals surface area contributed by atoms with Crippen LogP contribution in [0.4, 0.5) is 0 Å². The van der Waals surface area contributed by atoms with Gasteiger partial charge in [0.05, 0.1) is 11.5 Å². The van der Waals surface area contributed by atoms with Gasteiger partial charge in [-0.1, -0.05) is 44.3 Å². The molecule has 2 N–H and O–H groups in total. The third kappa shape index (κ3) is 8.36. The van der Waals surface area contributed by atoms with Crippen molar-refractivity contribution >= 4 is 11.8 Å². The van der Waals surface area contributed by atoms with Crippen molar-refractivity contribution in [2.24, 2.45) is 11.8 Å². The van der Waals surface area contributed by atoms with Crippen molar-refractivity contribution in [3.8, 4) is 11.8 Å². The van der Waals surface area contributed by atoms with E-state index in [-0.39, 0.29) is 11.7 Å². The highest BCUT2D eigenvalue weighted by Gasteiger charge is 2.35. The minimum atomic E-state index is -0.884. The maximum absolute atomic E-state index is 11.8. The number of rotatable bonds is 10. The molecule has 0 aromatic carbocycles. The van der Waals surface area contributed by atoms with E-state index in [9.17, 15) is 19.8 Å². The normalized spacial score (nSPS) is 20.9. The van der Waals surface area contributed by atoms with E-state index in [1.165, 1.54) is 0 Å². The standard InChI is InChI=1S/C21H32O4/c1-3-4-9-15-21(2,25)16-10-7-5-6-8-12-18(20(23)24)17-13-11-14-19(17)22/h10,16-18,25H,3-4,7-9,11-15H2,1-2H3,(H,23,24)/t17-,18+,21?/m1/s1. The molecule has 0 amide bonds. The maximum atomic E-state index is 11.8. The number of aliphatic carboxylic acids is 1. The molecule has 0 aromatic rings. The molecule has 4 nitrogen and oxygen atoms in total. The Bertz CT molecular complexity index is 522. The molecule has 1 aliphatic carbocycles. The summed E-state index contributed by atoms with van der Waals surface area (Å²) in [5, 5.41) is 19.5. The van der Waals surface area contributed by atoms with Crippen LogP contribution in [0, 0.1) is 23.7 Å². The van der Waals surface area contributed by atoms with Gasteiger partial charge in [-0.05, 0) is 32.6 Å². The molecule has 25 heavy (non-hydrogen) atoms. The van der Waals surface area contributed by atoms with Crippen LogP contribution in [0.2, 0.25) is 0 Å². The molecule has 0 spiro atoms. The Kier molecular flexibility index (Phi) is 9.52. The van der Waals surface area contributed by atoms with Gasteiger partial charge in [-0.3, -0.25) is 9.59 Å². The van der Waals surface area contributed by atoms with Crippen molar-refractivity contribution in [1.29, 1.82) is 0 Å². The van der Waals surface area contributed by atoms with E-state index in [0.29, 0.717) is 32.1 Å². The predicted octanol–water partition coefficient (Wildman–Crippen LogP) is 4.12. The van der Waals surface area contributed by atoms with Crippen LogP contribution in [0.1, 0.15) is 78.1 Å². The first-order valence-electron chi connectivity index (χ1n) is 9.48. The summed E-state index contributed by atoms with van der Waals surface area (Å²) in [7, 11) is 0. The third-order valence-corrected chi connectivity index (χ3v) is 4.84. The lowest BCUT2D eigenvalue weighted by molar-refractivity contribution is -0.146. The number of allylic oxidation sites excluding steroid dienone is 1. The van der Waals surface area contributed by atoms with Gasteiger partial charge in [-0.2, -0.15) is 0 Å². The highest BCUT2D eigenvalue weighted by Crippen LogP contribution is 2.31. The number of carbonyl (C=O) groups excluding carboxylic acids is 1. The smallest absolute Gasteiger partial charge is 0.307 e. The van der Waals surface area contributed by atoms with Crippen molar-refractivity contribution in [3.05, 3.63) is 12.2 Å². The van der Waals surface area contributed by atoms with Gasteiger partial charge < -0.3 is 10.2 Å². The Morgan fingerprint density at radius 3 is 2.76 bits per heavy atom. The lowest BCUT2D eigenvalue weighted by Gasteiger charge is -2.18. The first-order valence-corrected chi connectivity index (χ1v) is 9.48. The van der Waals surface area contributed by atoms with E-state index in [1.807, 2.05) is 13.0 Å². The van der Waals surface area contributed by atoms with Crippen LogP contribution in [-0.4, -0.2) is 27.6 Å². The molecule has 0 aliphatic heterocycles. The number of carboxylic acid groups (broad SMARTS) is 1. The van der Waals surface area contributed by atoms with E-state index in [4.69, 9.17) is 0 Å². The molecule has 0 bridgehead atoms. The quantitative estimate of drug-likeness (QED) is 0.354. The van der Waals surface area contributed by atoms with Crippen LogP contribution >= 0.6 is 0 Å². The molecule has 1 fully saturated rings. The third-order valence-electron chi connectivity index (χ3n) is 4.84. The molecule has 1 rings (SSSR count). The number of carbonyl (C=O) groups is 2. The van der Waals surface area contributed by atoms with Gasteiger partial charge in [0.1, 0.15) is 5.78 Å². The van der Waals surface area contributed by atoms with Gasteiger partial charge in [0.2, 0.25) is 0 Å². The highest BCUT2D eigenvalue weighted by molar-refractivity contribution is 5.87. The fraction of sp³-hybridized carbons (Fsp3) is 0.714. The van der Waals surface area contributed by atoms with Crippen molar-refractivity contribution < 1.29 is 19.8 Å². The van der Waals surface area contributed by atoms with E-state index in [2.05, 4.69) is 18.8 Å². The summed E-state index contributed by atoms with van der Waals surface area (Å²) >= 11 is 0. The lowest BCUT2D eigenvalue weighted by Crippen LogP contribution is -2.26. The largest absolute Gasteiger partial charge is 0.481 e. The van der Waals surface area contributed by atoms with Crippen LogP contribution in [0.25, 0.3) is 0 Å². The lowest BCUT2D eigenvalue weighted by atomic mass is 9.86. The van der Waals surface area contributed by atoms with E-state index in [0.717, 1.165) is 32.1 Å². The van der Waals surface area contributed by atoms with Gasteiger partial charge >= 0.3 is 5.97 Å². The van der Waals surface area contributed by atoms with Crippen LogP contribution < -0.4 is 0 Å². The number of unbranched alkanes of at least 4 members (excludes halogenated alkanes) is 2. The van der Waals surface area contributed by atoms with Gasteiger partial charge in [0.25, 0.3) is 0 Å². The van der Waals surface area contributed by atoms with E-state index >= 15 is 0 Å². The minimum Gasteiger partial charge on any atom is -0.481 e. The second-order valence-corrected chi connectivity index (χ2v) is 7.22. The fourth-order valence-corrected chi connectivity index (χ4v) is 3.34. The van der Waals surface area contributed by atoms with E-state index < -0.39 is 17.5 Å². The molecule has 1 saturated carbocycles. The average Bonchev–Trinajstić information content (AvgIpc) is 2.95. The number of aliphatic hydroxyl groups is 1. The summed E-state index contributed by atoms with van der Waals surface area (Å²) in [5.41, 5.74) is -0.784. The first-order chi connectivity index (χ1) is 11.9. The van der Waals surface area contributed by atoms with Gasteiger partial charge in [0, 0.05) is 25.2 Å². The maximum Gasteiger partial charge on any atom is 0.307 e. The van der Waals surface area contributed by atoms with Crippen LogP contribution in [0.3, 0.4) is 0 Å². The SMILES string of the molecule is CCCCCC(C)(O)C=CCC#CCC[C@H](C(=O)O)[C@H]1CCCC1=O. The first kappa shape index (κ1) is 21.4. The molecule has 1 aliphatic rings. The summed E-state index contributed by atoms with van der Waals surface area (Å²) in [4.78, 5) is 23.1. The molecule has 0 saturated heterocycles. The van der Waals surface area contributed by atoms with Crippen LogP contribution in [-0.2, 0) is 9.59 Å². The van der Waals surface area contributed by atoms with Crippen molar-refractivity contribution in [3.63, 3.8) is 0 Å². The summed E-state index contributed by atoms with van der Waals surface area (Å²) in [5.74, 6) is 4.27. The number of ketones is 1. The minimum absolute atomic E-state index is 0.0913. The fourth-order valence-electron chi connectivity index (χ4n) is 3.34. The van der Waals surface area contributed by atoms with Gasteiger partial charge in [-0.25, -0.2) is 0 Å². The highest BCUT2D eigenvalue weighted by atomic mass is 16.4.